The molecule has 26 heavy (non-hydrogen) atoms. The van der Waals surface area contributed by atoms with Gasteiger partial charge in [-0.2, -0.15) is 0 Å². The molecular formula is C18H23N3O5. The molecule has 0 bridgehead atoms. The summed E-state index contributed by atoms with van der Waals surface area (Å²) in [5, 5.41) is 6.27. The van der Waals surface area contributed by atoms with Gasteiger partial charge in [-0.15, -0.1) is 0 Å². The molecule has 0 saturated carbocycles. The van der Waals surface area contributed by atoms with Crippen molar-refractivity contribution < 1.29 is 23.4 Å². The van der Waals surface area contributed by atoms with Gasteiger partial charge in [0.25, 0.3) is 0 Å². The number of carbonyl (C=O) groups excluding carboxylic acids is 1. The van der Waals surface area contributed by atoms with Gasteiger partial charge in [0, 0.05) is 18.8 Å². The average Bonchev–Trinajstić information content (AvgIpc) is 3.04. The van der Waals surface area contributed by atoms with E-state index in [0.29, 0.717) is 41.1 Å². The number of furan rings is 1. The molecule has 0 unspecified atom stereocenters. The van der Waals surface area contributed by atoms with Gasteiger partial charge in [0.2, 0.25) is 0 Å². The lowest BCUT2D eigenvalue weighted by Crippen LogP contribution is -2.30. The molecule has 0 radical (unpaired) electrons. The zero-order valence-electron chi connectivity index (χ0n) is 15.5. The molecular weight excluding hydrogens is 338 g/mol. The first-order valence-electron chi connectivity index (χ1n) is 7.89. The number of hydrogen-bond donors (Lipinski definition) is 2. The fourth-order valence-electron chi connectivity index (χ4n) is 2.34. The Morgan fingerprint density at radius 1 is 1.15 bits per heavy atom. The molecule has 8 heteroatoms. The number of nitrogens with one attached hydrogen (secondary N) is 2. The molecule has 2 aromatic rings. The Balaban J connectivity index is 2.03. The smallest absolute Gasteiger partial charge is 0.341 e. The van der Waals surface area contributed by atoms with Gasteiger partial charge in [-0.25, -0.2) is 4.79 Å². The molecule has 0 amide bonds. The highest BCUT2D eigenvalue weighted by Crippen LogP contribution is 2.29. The Bertz CT molecular complexity index is 798. The Hall–Kier alpha value is -3.16. The number of nitrogens with zero attached hydrogens (tertiary/aromatic N) is 1. The van der Waals surface area contributed by atoms with Crippen LogP contribution in [0, 0.1) is 6.92 Å². The van der Waals surface area contributed by atoms with Gasteiger partial charge in [-0.1, -0.05) is 0 Å². The van der Waals surface area contributed by atoms with E-state index in [9.17, 15) is 4.79 Å². The van der Waals surface area contributed by atoms with Crippen molar-refractivity contribution in [3.05, 3.63) is 41.3 Å². The third-order valence-corrected chi connectivity index (χ3v) is 3.67. The quantitative estimate of drug-likeness (QED) is 0.464. The fourth-order valence-corrected chi connectivity index (χ4v) is 2.34. The first-order chi connectivity index (χ1) is 12.5. The maximum absolute atomic E-state index is 11.6. The summed E-state index contributed by atoms with van der Waals surface area (Å²) in [7, 11) is 6.15. The van der Waals surface area contributed by atoms with Crippen molar-refractivity contribution >= 4 is 17.6 Å². The number of benzene rings is 1. The molecule has 1 aromatic heterocycles. The van der Waals surface area contributed by atoms with Crippen molar-refractivity contribution in [2.45, 2.75) is 13.5 Å². The van der Waals surface area contributed by atoms with Crippen LogP contribution in [0.1, 0.15) is 21.9 Å². The highest BCUT2D eigenvalue weighted by atomic mass is 16.5. The molecule has 140 valence electrons. The molecule has 0 spiro atoms. The number of hydrogen-bond acceptors (Lipinski definition) is 6. The number of anilines is 1. The average molecular weight is 361 g/mol. The van der Waals surface area contributed by atoms with Crippen LogP contribution in [0.2, 0.25) is 0 Å². The highest BCUT2D eigenvalue weighted by Gasteiger charge is 2.15. The van der Waals surface area contributed by atoms with Gasteiger partial charge in [-0.3, -0.25) is 4.99 Å². The van der Waals surface area contributed by atoms with Gasteiger partial charge in [0.1, 0.15) is 17.1 Å². The number of carbonyl (C=O) groups is 1. The van der Waals surface area contributed by atoms with Crippen LogP contribution in [0.5, 0.6) is 11.5 Å². The van der Waals surface area contributed by atoms with Crippen LogP contribution < -0.4 is 20.1 Å². The Morgan fingerprint density at radius 3 is 2.50 bits per heavy atom. The van der Waals surface area contributed by atoms with Crippen LogP contribution >= 0.6 is 0 Å². The summed E-state index contributed by atoms with van der Waals surface area (Å²) in [6.07, 6.45) is 0. The molecule has 0 aliphatic heterocycles. The Kier molecular flexibility index (Phi) is 6.48. The molecule has 1 aromatic carbocycles. The largest absolute Gasteiger partial charge is 0.493 e. The molecule has 0 fully saturated rings. The predicted molar refractivity (Wildman–Crippen MR) is 98.2 cm³/mol. The number of guanidine groups is 1. The molecule has 0 aliphatic rings. The van der Waals surface area contributed by atoms with Crippen molar-refractivity contribution in [3.63, 3.8) is 0 Å². The summed E-state index contributed by atoms with van der Waals surface area (Å²) in [6, 6.07) is 7.10. The fraction of sp³-hybridized carbons (Fsp3) is 0.333. The van der Waals surface area contributed by atoms with E-state index in [4.69, 9.17) is 18.6 Å². The summed E-state index contributed by atoms with van der Waals surface area (Å²) in [5.41, 5.74) is 1.19. The predicted octanol–water partition coefficient (Wildman–Crippen LogP) is 2.58. The van der Waals surface area contributed by atoms with Crippen LogP contribution in [0.25, 0.3) is 0 Å². The maximum atomic E-state index is 11.6. The third kappa shape index (κ3) is 4.47. The first-order valence-corrected chi connectivity index (χ1v) is 7.89. The number of esters is 1. The number of rotatable bonds is 6. The van der Waals surface area contributed by atoms with Gasteiger partial charge in [0.05, 0.1) is 27.9 Å². The lowest BCUT2D eigenvalue weighted by Gasteiger charge is -2.13. The second kappa shape index (κ2) is 8.80. The van der Waals surface area contributed by atoms with E-state index in [1.54, 1.807) is 46.4 Å². The van der Waals surface area contributed by atoms with E-state index in [1.165, 1.54) is 7.11 Å². The minimum absolute atomic E-state index is 0.352. The highest BCUT2D eigenvalue weighted by molar-refractivity contribution is 5.94. The summed E-state index contributed by atoms with van der Waals surface area (Å²) in [5.74, 6) is 2.46. The molecule has 0 atom stereocenters. The SMILES string of the molecule is CN=C(NCc1cc(C(=O)OC)c(C)o1)Nc1ccc(OC)c(OC)c1. The molecule has 0 aliphatic carbocycles. The van der Waals surface area contributed by atoms with Crippen LogP contribution in [0.4, 0.5) is 5.69 Å². The van der Waals surface area contributed by atoms with Gasteiger partial charge in [0.15, 0.2) is 17.5 Å². The van der Waals surface area contributed by atoms with Crippen molar-refractivity contribution in [1.82, 2.24) is 5.32 Å². The number of aryl methyl sites for hydroxylation is 1. The normalized spacial score (nSPS) is 11.0. The van der Waals surface area contributed by atoms with Crippen LogP contribution in [0.3, 0.4) is 0 Å². The standard InChI is InChI=1S/C18H23N3O5/c1-11-14(17(22)25-5)9-13(26-11)10-20-18(19-2)21-12-6-7-15(23-3)16(8-12)24-4/h6-9H,10H2,1-5H3,(H2,19,20,21). The van der Waals surface area contributed by atoms with Gasteiger partial charge >= 0.3 is 5.97 Å². The van der Waals surface area contributed by atoms with Gasteiger partial charge < -0.3 is 29.3 Å². The van der Waals surface area contributed by atoms with E-state index < -0.39 is 5.97 Å². The monoisotopic (exact) mass is 361 g/mol. The maximum Gasteiger partial charge on any atom is 0.341 e. The lowest BCUT2D eigenvalue weighted by atomic mass is 10.2. The Morgan fingerprint density at radius 2 is 1.88 bits per heavy atom. The van der Waals surface area contributed by atoms with E-state index in [1.807, 2.05) is 6.07 Å². The zero-order valence-corrected chi connectivity index (χ0v) is 15.5. The first kappa shape index (κ1) is 19.2. The zero-order chi connectivity index (χ0) is 19.1. The minimum atomic E-state index is -0.426. The molecule has 2 N–H and O–H groups in total. The van der Waals surface area contributed by atoms with Crippen LogP contribution in [-0.2, 0) is 11.3 Å². The molecule has 2 rings (SSSR count). The van der Waals surface area contributed by atoms with Crippen molar-refractivity contribution in [2.75, 3.05) is 33.7 Å². The number of methoxy groups -OCH3 is 3. The van der Waals surface area contributed by atoms with Crippen molar-refractivity contribution in [2.24, 2.45) is 4.99 Å². The third-order valence-electron chi connectivity index (χ3n) is 3.67. The van der Waals surface area contributed by atoms with E-state index in [-0.39, 0.29) is 0 Å². The summed E-state index contributed by atoms with van der Waals surface area (Å²) < 4.78 is 20.8. The second-order valence-corrected chi connectivity index (χ2v) is 5.29. The van der Waals surface area contributed by atoms with Crippen LogP contribution in [0.15, 0.2) is 33.7 Å². The van der Waals surface area contributed by atoms with E-state index in [0.717, 1.165) is 5.69 Å². The number of aliphatic imine (C=N–C) groups is 1. The summed E-state index contributed by atoms with van der Waals surface area (Å²) in [6.45, 7) is 2.07. The topological polar surface area (TPSA) is 94.3 Å². The van der Waals surface area contributed by atoms with Crippen molar-refractivity contribution in [1.29, 1.82) is 0 Å². The van der Waals surface area contributed by atoms with E-state index in [2.05, 4.69) is 15.6 Å². The van der Waals surface area contributed by atoms with Crippen LogP contribution in [-0.4, -0.2) is 40.3 Å². The Labute approximate surface area is 152 Å². The molecule has 0 saturated heterocycles. The lowest BCUT2D eigenvalue weighted by molar-refractivity contribution is 0.0599. The molecule has 1 heterocycles. The number of ether oxygens (including phenoxy) is 3. The van der Waals surface area contributed by atoms with Gasteiger partial charge in [-0.05, 0) is 25.1 Å². The van der Waals surface area contributed by atoms with Crippen molar-refractivity contribution in [3.8, 4) is 11.5 Å². The second-order valence-electron chi connectivity index (χ2n) is 5.29. The minimum Gasteiger partial charge on any atom is -0.493 e. The summed E-state index contributed by atoms with van der Waals surface area (Å²) in [4.78, 5) is 15.8. The molecule has 8 nitrogen and oxygen atoms in total. The van der Waals surface area contributed by atoms with E-state index >= 15 is 0 Å². The summed E-state index contributed by atoms with van der Waals surface area (Å²) >= 11 is 0.